The highest BCUT2D eigenvalue weighted by Crippen LogP contribution is 2.41. The van der Waals surface area contributed by atoms with Crippen molar-refractivity contribution in [3.8, 4) is 0 Å². The van der Waals surface area contributed by atoms with Gasteiger partial charge < -0.3 is 13.9 Å². The first-order valence-corrected chi connectivity index (χ1v) is 9.64. The molecule has 3 heterocycles. The molecule has 0 radical (unpaired) electrons. The van der Waals surface area contributed by atoms with Gasteiger partial charge in [0.2, 0.25) is 11.9 Å². The maximum Gasteiger partial charge on any atom is 0.321 e. The molecule has 1 aliphatic rings. The second kappa shape index (κ2) is 8.08. The molecule has 1 amide bonds. The number of furan rings is 1. The van der Waals surface area contributed by atoms with Gasteiger partial charge >= 0.3 is 5.97 Å². The van der Waals surface area contributed by atoms with Gasteiger partial charge in [-0.25, -0.2) is 4.98 Å². The van der Waals surface area contributed by atoms with Crippen LogP contribution in [0.5, 0.6) is 0 Å². The fourth-order valence-electron chi connectivity index (χ4n) is 3.84. The van der Waals surface area contributed by atoms with Crippen LogP contribution in [0.25, 0.3) is 11.0 Å². The molecule has 8 nitrogen and oxygen atoms in total. The number of fused-ring (bicyclic) bond motifs is 3. The van der Waals surface area contributed by atoms with Crippen LogP contribution in [0.4, 0.5) is 5.95 Å². The van der Waals surface area contributed by atoms with E-state index in [1.54, 1.807) is 31.1 Å². The van der Waals surface area contributed by atoms with Crippen molar-refractivity contribution in [3.63, 3.8) is 0 Å². The topological polar surface area (TPSA) is 86.8 Å². The molecule has 1 aromatic carbocycles. The van der Waals surface area contributed by atoms with Crippen molar-refractivity contribution in [3.05, 3.63) is 48.4 Å². The van der Waals surface area contributed by atoms with Crippen LogP contribution in [0.2, 0.25) is 0 Å². The Morgan fingerprint density at radius 2 is 2.07 bits per heavy atom. The molecule has 0 fully saturated rings. The number of ether oxygens (including phenoxy) is 2. The Kier molecular flexibility index (Phi) is 5.35. The summed E-state index contributed by atoms with van der Waals surface area (Å²) in [7, 11) is 1.61. The van der Waals surface area contributed by atoms with Gasteiger partial charge in [0, 0.05) is 20.3 Å². The molecule has 4 rings (SSSR count). The number of benzene rings is 1. The zero-order chi connectivity index (χ0) is 20.4. The summed E-state index contributed by atoms with van der Waals surface area (Å²) in [6.07, 6.45) is 2.15. The fourth-order valence-corrected chi connectivity index (χ4v) is 3.84. The van der Waals surface area contributed by atoms with Gasteiger partial charge in [-0.15, -0.1) is 0 Å². The van der Waals surface area contributed by atoms with Gasteiger partial charge in [0.1, 0.15) is 11.8 Å². The second-order valence-corrected chi connectivity index (χ2v) is 6.80. The van der Waals surface area contributed by atoms with Crippen LogP contribution in [-0.2, 0) is 19.1 Å². The van der Waals surface area contributed by atoms with Gasteiger partial charge in [-0.2, -0.15) is 0 Å². The minimum atomic E-state index is -1.06. The number of methoxy groups -OCH3 is 1. The normalized spacial score (nSPS) is 18.8. The molecule has 0 aliphatic carbocycles. The molecule has 0 unspecified atom stereocenters. The van der Waals surface area contributed by atoms with E-state index >= 15 is 0 Å². The summed E-state index contributed by atoms with van der Waals surface area (Å²) in [4.78, 5) is 32.6. The number of imidazole rings is 1. The first-order chi connectivity index (χ1) is 14.2. The third kappa shape index (κ3) is 3.29. The number of aromatic nitrogens is 2. The number of amides is 1. The lowest BCUT2D eigenvalue weighted by molar-refractivity contribution is -0.153. The van der Waals surface area contributed by atoms with Crippen LogP contribution in [0.1, 0.15) is 25.1 Å². The predicted molar refractivity (Wildman–Crippen MR) is 106 cm³/mol. The number of carbonyl (C=O) groups excluding carboxylic acids is 2. The summed E-state index contributed by atoms with van der Waals surface area (Å²) in [6, 6.07) is 10.4. The summed E-state index contributed by atoms with van der Waals surface area (Å²) in [5, 5.41) is 0. The predicted octanol–water partition coefficient (Wildman–Crippen LogP) is 2.78. The Labute approximate surface area is 168 Å². The van der Waals surface area contributed by atoms with Crippen LogP contribution < -0.4 is 4.90 Å². The molecule has 3 aromatic rings. The Bertz CT molecular complexity index is 1010. The SMILES string of the molecule is CCOC(=O)[C@H]1C(=O)N(CCCOC)c2nc3ccccc3n2[C@H]1c1ccco1. The molecule has 0 spiro atoms. The summed E-state index contributed by atoms with van der Waals surface area (Å²) in [5.74, 6) is -0.969. The first kappa shape index (κ1) is 19.2. The second-order valence-electron chi connectivity index (χ2n) is 6.80. The van der Waals surface area contributed by atoms with Gasteiger partial charge in [0.25, 0.3) is 0 Å². The summed E-state index contributed by atoms with van der Waals surface area (Å²) < 4.78 is 18.0. The van der Waals surface area contributed by atoms with Crippen molar-refractivity contribution in [2.45, 2.75) is 19.4 Å². The zero-order valence-electron chi connectivity index (χ0n) is 16.4. The molecule has 0 saturated heterocycles. The summed E-state index contributed by atoms with van der Waals surface area (Å²) in [6.45, 7) is 2.79. The number of para-hydroxylation sites is 2. The highest BCUT2D eigenvalue weighted by Gasteiger charge is 2.48. The van der Waals surface area contributed by atoms with Crippen LogP contribution in [0, 0.1) is 5.92 Å². The number of carbonyl (C=O) groups is 2. The van der Waals surface area contributed by atoms with E-state index in [9.17, 15) is 9.59 Å². The number of hydrogen-bond acceptors (Lipinski definition) is 6. The van der Waals surface area contributed by atoms with Crippen molar-refractivity contribution in [2.24, 2.45) is 5.92 Å². The molecule has 152 valence electrons. The molecule has 29 heavy (non-hydrogen) atoms. The number of nitrogens with zero attached hydrogens (tertiary/aromatic N) is 3. The quantitative estimate of drug-likeness (QED) is 0.346. The molecule has 8 heteroatoms. The van der Waals surface area contributed by atoms with E-state index in [2.05, 4.69) is 0 Å². The Balaban J connectivity index is 1.91. The number of rotatable bonds is 7. The van der Waals surface area contributed by atoms with Crippen molar-refractivity contribution in [1.29, 1.82) is 0 Å². The van der Waals surface area contributed by atoms with Crippen LogP contribution in [0.3, 0.4) is 0 Å². The highest BCUT2D eigenvalue weighted by atomic mass is 16.5. The summed E-state index contributed by atoms with van der Waals surface area (Å²) in [5.41, 5.74) is 1.57. The molecule has 2 atom stereocenters. The van der Waals surface area contributed by atoms with Gasteiger partial charge in [-0.3, -0.25) is 19.1 Å². The molecular weight excluding hydrogens is 374 g/mol. The monoisotopic (exact) mass is 397 g/mol. The molecule has 2 aromatic heterocycles. The Morgan fingerprint density at radius 3 is 2.79 bits per heavy atom. The van der Waals surface area contributed by atoms with Gasteiger partial charge in [-0.1, -0.05) is 12.1 Å². The van der Waals surface area contributed by atoms with Crippen LogP contribution >= 0.6 is 0 Å². The Hall–Kier alpha value is -3.13. The lowest BCUT2D eigenvalue weighted by atomic mass is 9.93. The third-order valence-corrected chi connectivity index (χ3v) is 5.05. The molecule has 0 bridgehead atoms. The lowest BCUT2D eigenvalue weighted by Crippen LogP contribution is -2.50. The third-order valence-electron chi connectivity index (χ3n) is 5.05. The summed E-state index contributed by atoms with van der Waals surface area (Å²) >= 11 is 0. The zero-order valence-corrected chi connectivity index (χ0v) is 16.4. The van der Waals surface area contributed by atoms with Crippen molar-refractivity contribution in [1.82, 2.24) is 9.55 Å². The van der Waals surface area contributed by atoms with Gasteiger partial charge in [-0.05, 0) is 37.6 Å². The molecule has 0 saturated carbocycles. The first-order valence-electron chi connectivity index (χ1n) is 9.64. The lowest BCUT2D eigenvalue weighted by Gasteiger charge is -2.36. The van der Waals surface area contributed by atoms with E-state index in [0.717, 1.165) is 11.0 Å². The van der Waals surface area contributed by atoms with E-state index in [1.807, 2.05) is 28.8 Å². The van der Waals surface area contributed by atoms with Crippen molar-refractivity contribution in [2.75, 3.05) is 31.8 Å². The largest absolute Gasteiger partial charge is 0.467 e. The maximum atomic E-state index is 13.5. The standard InChI is InChI=1S/C21H23N3O5/c1-3-28-20(26)17-18(16-10-6-13-29-16)24-15-9-5-4-8-14(15)22-21(24)23(19(17)25)11-7-12-27-2/h4-6,8-10,13,17-18H,3,7,11-12H2,1-2H3/t17-,18+/m1/s1. The van der Waals surface area contributed by atoms with Crippen LogP contribution in [0.15, 0.2) is 47.1 Å². The van der Waals surface area contributed by atoms with E-state index in [1.165, 1.54) is 6.26 Å². The minimum absolute atomic E-state index is 0.189. The average molecular weight is 397 g/mol. The van der Waals surface area contributed by atoms with E-state index < -0.39 is 17.9 Å². The van der Waals surface area contributed by atoms with E-state index in [4.69, 9.17) is 18.9 Å². The van der Waals surface area contributed by atoms with E-state index in [-0.39, 0.29) is 12.5 Å². The number of hydrogen-bond donors (Lipinski definition) is 0. The van der Waals surface area contributed by atoms with Gasteiger partial charge in [0.15, 0.2) is 5.92 Å². The smallest absolute Gasteiger partial charge is 0.321 e. The average Bonchev–Trinajstić information content (AvgIpc) is 3.37. The number of anilines is 1. The highest BCUT2D eigenvalue weighted by molar-refractivity contribution is 6.08. The molecule has 0 N–H and O–H groups in total. The van der Waals surface area contributed by atoms with Crippen molar-refractivity contribution < 1.29 is 23.5 Å². The molecular formula is C21H23N3O5. The Morgan fingerprint density at radius 1 is 1.24 bits per heavy atom. The molecule has 1 aliphatic heterocycles. The maximum absolute atomic E-state index is 13.5. The fraction of sp³-hybridized carbons (Fsp3) is 0.381. The van der Waals surface area contributed by atoms with Crippen molar-refractivity contribution >= 4 is 28.9 Å². The van der Waals surface area contributed by atoms with Crippen LogP contribution in [-0.4, -0.2) is 48.3 Å². The van der Waals surface area contributed by atoms with E-state index in [0.29, 0.717) is 31.3 Å². The minimum Gasteiger partial charge on any atom is -0.467 e. The van der Waals surface area contributed by atoms with Gasteiger partial charge in [0.05, 0.1) is 23.9 Å². The number of esters is 1.